The molecule has 11 nitrogen and oxygen atoms in total. The quantitative estimate of drug-likeness (QED) is 0.0997. The zero-order valence-corrected chi connectivity index (χ0v) is 28.4. The van der Waals surface area contributed by atoms with Crippen molar-refractivity contribution in [3.8, 4) is 0 Å². The molecule has 0 radical (unpaired) electrons. The molecule has 45 heavy (non-hydrogen) atoms. The summed E-state index contributed by atoms with van der Waals surface area (Å²) in [6, 6.07) is -1.22. The SMILES string of the molecule is CCCCCCCCCCCCCC(=O)N1CCCCNC(=O)NCCCCC(CC(=O)NCC(=O)C(=O)[C@@H](NC)[C@@H](C)O)C1. The van der Waals surface area contributed by atoms with Gasteiger partial charge in [0, 0.05) is 39.0 Å². The fourth-order valence-electron chi connectivity index (χ4n) is 5.80. The number of likely N-dealkylation sites (N-methyl/N-ethyl adjacent to an activating group) is 1. The minimum Gasteiger partial charge on any atom is -0.391 e. The Morgan fingerprint density at radius 1 is 0.889 bits per heavy atom. The first-order valence-corrected chi connectivity index (χ1v) is 17.7. The van der Waals surface area contributed by atoms with Crippen LogP contribution in [0.15, 0.2) is 0 Å². The van der Waals surface area contributed by atoms with E-state index >= 15 is 0 Å². The van der Waals surface area contributed by atoms with Gasteiger partial charge in [0.05, 0.1) is 18.7 Å². The van der Waals surface area contributed by atoms with Crippen molar-refractivity contribution in [3.05, 3.63) is 0 Å². The molecule has 0 aromatic rings. The lowest BCUT2D eigenvalue weighted by Crippen LogP contribution is -2.48. The zero-order valence-electron chi connectivity index (χ0n) is 28.4. The highest BCUT2D eigenvalue weighted by molar-refractivity contribution is 6.40. The van der Waals surface area contributed by atoms with Crippen molar-refractivity contribution < 1.29 is 29.1 Å². The van der Waals surface area contributed by atoms with Gasteiger partial charge >= 0.3 is 6.03 Å². The van der Waals surface area contributed by atoms with Crippen LogP contribution in [0.1, 0.15) is 129 Å². The van der Waals surface area contributed by atoms with Gasteiger partial charge in [-0.3, -0.25) is 19.2 Å². The van der Waals surface area contributed by atoms with Crippen LogP contribution in [-0.2, 0) is 19.2 Å². The third-order valence-electron chi connectivity index (χ3n) is 8.56. The second kappa shape index (κ2) is 25.6. The fraction of sp³-hybridized carbons (Fsp3) is 0.853. The van der Waals surface area contributed by atoms with Crippen LogP contribution >= 0.6 is 0 Å². The number of urea groups is 1. The molecule has 0 spiro atoms. The number of nitrogens with one attached hydrogen (secondary N) is 4. The van der Waals surface area contributed by atoms with Crippen LogP contribution < -0.4 is 21.3 Å². The van der Waals surface area contributed by atoms with E-state index in [1.807, 2.05) is 4.90 Å². The Labute approximate surface area is 271 Å². The number of rotatable bonds is 20. The van der Waals surface area contributed by atoms with Crippen molar-refractivity contribution in [3.63, 3.8) is 0 Å². The van der Waals surface area contributed by atoms with E-state index in [1.54, 1.807) is 0 Å². The smallest absolute Gasteiger partial charge is 0.314 e. The molecule has 1 heterocycles. The van der Waals surface area contributed by atoms with Crippen molar-refractivity contribution in [1.29, 1.82) is 0 Å². The number of ketones is 2. The molecule has 4 amide bonds. The Morgan fingerprint density at radius 3 is 2.04 bits per heavy atom. The average molecular weight is 638 g/mol. The summed E-state index contributed by atoms with van der Waals surface area (Å²) in [5.74, 6) is -1.91. The summed E-state index contributed by atoms with van der Waals surface area (Å²) in [6.45, 7) is 5.31. The summed E-state index contributed by atoms with van der Waals surface area (Å²) >= 11 is 0. The van der Waals surface area contributed by atoms with Crippen LogP contribution in [0.2, 0.25) is 0 Å². The van der Waals surface area contributed by atoms with Gasteiger partial charge in [0.2, 0.25) is 23.4 Å². The molecule has 1 saturated heterocycles. The highest BCUT2D eigenvalue weighted by Gasteiger charge is 2.28. The summed E-state index contributed by atoms with van der Waals surface area (Å²) < 4.78 is 0. The standard InChI is InChI=1S/C34H63N5O6/c1-4-5-6-7-8-9-10-11-12-13-14-20-31(43)39-23-18-17-22-37-34(45)36-21-16-15-19-28(26-39)24-30(42)38-25-29(41)33(44)32(35-3)27(2)40/h27-28,32,35,40H,4-26H2,1-3H3,(H,38,42)(H2,36,37,45)/t27-,28?,32+/m1/s1. The van der Waals surface area contributed by atoms with E-state index in [0.717, 1.165) is 44.9 Å². The molecular weight excluding hydrogens is 574 g/mol. The van der Waals surface area contributed by atoms with Gasteiger partial charge in [-0.2, -0.15) is 0 Å². The number of unbranched alkanes of at least 4 members (excludes halogenated alkanes) is 10. The maximum Gasteiger partial charge on any atom is 0.314 e. The van der Waals surface area contributed by atoms with Gasteiger partial charge in [0.1, 0.15) is 0 Å². The van der Waals surface area contributed by atoms with Crippen LogP contribution in [0.5, 0.6) is 0 Å². The van der Waals surface area contributed by atoms with Crippen molar-refractivity contribution in [2.75, 3.05) is 39.8 Å². The molecule has 1 aliphatic rings. The van der Waals surface area contributed by atoms with E-state index in [1.165, 1.54) is 65.3 Å². The van der Waals surface area contributed by atoms with Gasteiger partial charge in [0.15, 0.2) is 0 Å². The van der Waals surface area contributed by atoms with E-state index in [4.69, 9.17) is 0 Å². The minimum absolute atomic E-state index is 0.103. The highest BCUT2D eigenvalue weighted by atomic mass is 16.3. The van der Waals surface area contributed by atoms with Crippen LogP contribution in [0, 0.1) is 5.92 Å². The van der Waals surface area contributed by atoms with Crippen molar-refractivity contribution in [2.45, 2.75) is 142 Å². The van der Waals surface area contributed by atoms with Crippen LogP contribution in [0.3, 0.4) is 0 Å². The first-order chi connectivity index (χ1) is 21.7. The maximum atomic E-state index is 13.4. The largest absolute Gasteiger partial charge is 0.391 e. The van der Waals surface area contributed by atoms with Gasteiger partial charge in [0.25, 0.3) is 0 Å². The first kappa shape index (κ1) is 40.5. The minimum atomic E-state index is -1.04. The number of carbonyl (C=O) groups is 5. The molecule has 0 bridgehead atoms. The fourth-order valence-corrected chi connectivity index (χ4v) is 5.80. The monoisotopic (exact) mass is 637 g/mol. The predicted molar refractivity (Wildman–Crippen MR) is 178 cm³/mol. The van der Waals surface area contributed by atoms with Crippen LogP contribution in [0.25, 0.3) is 0 Å². The third kappa shape index (κ3) is 19.6. The van der Waals surface area contributed by atoms with E-state index < -0.39 is 30.3 Å². The highest BCUT2D eigenvalue weighted by Crippen LogP contribution is 2.18. The molecule has 0 saturated carbocycles. The normalized spacial score (nSPS) is 18.2. The number of carbonyl (C=O) groups excluding carboxylic acids is 5. The summed E-state index contributed by atoms with van der Waals surface area (Å²) in [7, 11) is 1.49. The third-order valence-corrected chi connectivity index (χ3v) is 8.56. The second-order valence-electron chi connectivity index (χ2n) is 12.7. The topological polar surface area (TPSA) is 157 Å². The predicted octanol–water partition coefficient (Wildman–Crippen LogP) is 4.01. The van der Waals surface area contributed by atoms with Gasteiger partial charge in [-0.1, -0.05) is 77.6 Å². The molecule has 1 aliphatic heterocycles. The molecule has 1 unspecified atom stereocenters. The van der Waals surface area contributed by atoms with Gasteiger partial charge < -0.3 is 31.3 Å². The Bertz CT molecular complexity index is 868. The molecule has 1 fully saturated rings. The second-order valence-corrected chi connectivity index (χ2v) is 12.7. The lowest BCUT2D eigenvalue weighted by Gasteiger charge is -2.28. The number of nitrogens with zero attached hydrogens (tertiary/aromatic N) is 1. The van der Waals surface area contributed by atoms with E-state index in [0.29, 0.717) is 39.0 Å². The molecular formula is C34H63N5O6. The number of hydrogen-bond donors (Lipinski definition) is 5. The van der Waals surface area contributed by atoms with Crippen molar-refractivity contribution in [1.82, 2.24) is 26.2 Å². The van der Waals surface area contributed by atoms with E-state index in [-0.39, 0.29) is 30.2 Å². The Hall–Kier alpha value is -2.53. The van der Waals surface area contributed by atoms with E-state index in [2.05, 4.69) is 28.2 Å². The van der Waals surface area contributed by atoms with Crippen LogP contribution in [-0.4, -0.2) is 91.3 Å². The Balaban J connectivity index is 2.67. The first-order valence-electron chi connectivity index (χ1n) is 17.7. The van der Waals surface area contributed by atoms with E-state index in [9.17, 15) is 29.1 Å². The maximum absolute atomic E-state index is 13.4. The number of hydrogen-bond acceptors (Lipinski definition) is 7. The molecule has 0 aromatic heterocycles. The molecule has 5 N–H and O–H groups in total. The lowest BCUT2D eigenvalue weighted by molar-refractivity contribution is -0.139. The number of aliphatic hydroxyl groups is 1. The average Bonchev–Trinajstić information content (AvgIpc) is 3.01. The van der Waals surface area contributed by atoms with Gasteiger partial charge in [-0.05, 0) is 52.0 Å². The number of Topliss-reactive ketones (excluding diaryl/α,β-unsaturated/α-hetero) is 2. The van der Waals surface area contributed by atoms with Crippen molar-refractivity contribution in [2.24, 2.45) is 5.92 Å². The molecule has 11 heteroatoms. The molecule has 0 aliphatic carbocycles. The number of amides is 4. The molecule has 0 aromatic carbocycles. The van der Waals surface area contributed by atoms with Crippen LogP contribution in [0.4, 0.5) is 4.79 Å². The van der Waals surface area contributed by atoms with Gasteiger partial charge in [-0.15, -0.1) is 0 Å². The zero-order chi connectivity index (χ0) is 33.3. The summed E-state index contributed by atoms with van der Waals surface area (Å²) in [5.41, 5.74) is 0. The summed E-state index contributed by atoms with van der Waals surface area (Å²) in [6.07, 6.45) is 16.7. The molecule has 3 atom stereocenters. The lowest BCUT2D eigenvalue weighted by atomic mass is 9.96. The Kier molecular flexibility index (Phi) is 23.1. The molecule has 1 rings (SSSR count). The summed E-state index contributed by atoms with van der Waals surface area (Å²) in [4.78, 5) is 64.8. The summed E-state index contributed by atoms with van der Waals surface area (Å²) in [5, 5.41) is 20.7. The van der Waals surface area contributed by atoms with Crippen molar-refractivity contribution >= 4 is 29.4 Å². The van der Waals surface area contributed by atoms with Gasteiger partial charge in [-0.25, -0.2) is 4.79 Å². The molecule has 260 valence electrons. The Morgan fingerprint density at radius 2 is 1.47 bits per heavy atom. The number of aliphatic hydroxyl groups excluding tert-OH is 1.